The average Bonchev–Trinajstić information content (AvgIpc) is 2.33. The van der Waals surface area contributed by atoms with Crippen LogP contribution in [0.2, 0.25) is 0 Å². The van der Waals surface area contributed by atoms with Crippen LogP contribution in [0, 0.1) is 11.3 Å². The Kier molecular flexibility index (Phi) is 8.98. The van der Waals surface area contributed by atoms with E-state index in [1.165, 1.54) is 6.42 Å². The number of rotatable bonds is 4. The second-order valence-electron chi connectivity index (χ2n) is 6.21. The minimum atomic E-state index is 0. The lowest BCUT2D eigenvalue weighted by Gasteiger charge is -2.39. The Morgan fingerprint density at radius 2 is 2.11 bits per heavy atom. The van der Waals surface area contributed by atoms with Gasteiger partial charge < -0.3 is 15.8 Å². The van der Waals surface area contributed by atoms with Gasteiger partial charge in [-0.2, -0.15) is 0 Å². The summed E-state index contributed by atoms with van der Waals surface area (Å²) in [5.74, 6) is 1.05. The number of nitrogens with two attached hydrogens (primary N) is 1. The topological polar surface area (TPSA) is 59.6 Å². The van der Waals surface area contributed by atoms with Crippen molar-refractivity contribution in [3.05, 3.63) is 0 Å². The Morgan fingerprint density at radius 1 is 1.42 bits per heavy atom. The van der Waals surface area contributed by atoms with Crippen molar-refractivity contribution in [2.45, 2.75) is 53.1 Å². The van der Waals surface area contributed by atoms with Gasteiger partial charge in [0.2, 0.25) is 0 Å². The lowest BCUT2D eigenvalue weighted by Crippen LogP contribution is -2.42. The Hall–Kier alpha value is -0.0400. The number of aliphatic imine (C=N–C) groups is 1. The average molecular weight is 383 g/mol. The van der Waals surface area contributed by atoms with Gasteiger partial charge in [-0.05, 0) is 24.7 Å². The van der Waals surface area contributed by atoms with Crippen LogP contribution in [0.4, 0.5) is 0 Å². The van der Waals surface area contributed by atoms with Crippen molar-refractivity contribution in [3.8, 4) is 0 Å². The highest BCUT2D eigenvalue weighted by atomic mass is 127. The van der Waals surface area contributed by atoms with E-state index in [0.29, 0.717) is 11.9 Å². The summed E-state index contributed by atoms with van der Waals surface area (Å²) in [6.07, 6.45) is 3.67. The van der Waals surface area contributed by atoms with Gasteiger partial charge in [0.05, 0.1) is 6.10 Å². The van der Waals surface area contributed by atoms with E-state index in [-0.39, 0.29) is 35.5 Å². The molecule has 1 rings (SSSR count). The molecule has 0 saturated carbocycles. The second kappa shape index (κ2) is 9.00. The quantitative estimate of drug-likeness (QED) is 0.446. The molecule has 1 heterocycles. The minimum absolute atomic E-state index is 0. The minimum Gasteiger partial charge on any atom is -0.377 e. The van der Waals surface area contributed by atoms with Gasteiger partial charge in [0.1, 0.15) is 0 Å². The molecule has 1 fully saturated rings. The van der Waals surface area contributed by atoms with Gasteiger partial charge in [0, 0.05) is 25.6 Å². The maximum Gasteiger partial charge on any atom is 0.188 e. The molecule has 114 valence electrons. The third kappa shape index (κ3) is 6.79. The van der Waals surface area contributed by atoms with Gasteiger partial charge in [0.25, 0.3) is 0 Å². The molecule has 2 atom stereocenters. The summed E-state index contributed by atoms with van der Waals surface area (Å²) in [4.78, 5) is 4.45. The van der Waals surface area contributed by atoms with Crippen LogP contribution in [0.15, 0.2) is 4.99 Å². The highest BCUT2D eigenvalue weighted by Gasteiger charge is 2.35. The molecular formula is C14H30IN3O. The third-order valence-electron chi connectivity index (χ3n) is 3.35. The van der Waals surface area contributed by atoms with Crippen LogP contribution in [-0.2, 0) is 4.74 Å². The molecule has 4 nitrogen and oxygen atoms in total. The van der Waals surface area contributed by atoms with Crippen molar-refractivity contribution in [1.29, 1.82) is 0 Å². The van der Waals surface area contributed by atoms with Gasteiger partial charge >= 0.3 is 0 Å². The van der Waals surface area contributed by atoms with E-state index >= 15 is 0 Å². The standard InChI is InChI=1S/C14H29N3O.HI/c1-5-8-16-13(15)17-10-11-7-6-9-18-12(11)14(2,3)4;/h11-12H,5-10H2,1-4H3,(H3,15,16,17);1H. The Balaban J connectivity index is 0.00000324. The molecule has 0 amide bonds. The van der Waals surface area contributed by atoms with Gasteiger partial charge in [-0.3, -0.25) is 4.99 Å². The van der Waals surface area contributed by atoms with Crippen LogP contribution in [0.3, 0.4) is 0 Å². The van der Waals surface area contributed by atoms with E-state index in [2.05, 4.69) is 38.0 Å². The molecule has 1 saturated heterocycles. The zero-order valence-corrected chi connectivity index (χ0v) is 15.1. The van der Waals surface area contributed by atoms with E-state index in [1.54, 1.807) is 0 Å². The lowest BCUT2D eigenvalue weighted by atomic mass is 9.78. The van der Waals surface area contributed by atoms with E-state index in [1.807, 2.05) is 0 Å². The largest absolute Gasteiger partial charge is 0.377 e. The molecular weight excluding hydrogens is 353 g/mol. The smallest absolute Gasteiger partial charge is 0.188 e. The van der Waals surface area contributed by atoms with Crippen LogP contribution >= 0.6 is 24.0 Å². The number of nitrogens with zero attached hydrogens (tertiary/aromatic N) is 1. The zero-order valence-electron chi connectivity index (χ0n) is 12.7. The molecule has 2 unspecified atom stereocenters. The molecule has 0 spiro atoms. The van der Waals surface area contributed by atoms with Gasteiger partial charge in [-0.15, -0.1) is 24.0 Å². The molecule has 5 heteroatoms. The van der Waals surface area contributed by atoms with Crippen LogP contribution in [0.5, 0.6) is 0 Å². The number of hydrogen-bond acceptors (Lipinski definition) is 2. The number of ether oxygens (including phenoxy) is 1. The van der Waals surface area contributed by atoms with Gasteiger partial charge in [-0.25, -0.2) is 0 Å². The number of nitrogens with one attached hydrogen (secondary N) is 1. The number of halogens is 1. The summed E-state index contributed by atoms with van der Waals surface area (Å²) in [6.45, 7) is 11.4. The molecule has 1 aliphatic heterocycles. The maximum atomic E-state index is 5.94. The van der Waals surface area contributed by atoms with Gasteiger partial charge in [0.15, 0.2) is 5.96 Å². The summed E-state index contributed by atoms with van der Waals surface area (Å²) in [5, 5.41) is 3.11. The van der Waals surface area contributed by atoms with E-state index in [4.69, 9.17) is 10.5 Å². The van der Waals surface area contributed by atoms with Crippen molar-refractivity contribution < 1.29 is 4.74 Å². The van der Waals surface area contributed by atoms with Crippen LogP contribution in [0.1, 0.15) is 47.0 Å². The predicted molar refractivity (Wildman–Crippen MR) is 92.1 cm³/mol. The first-order chi connectivity index (χ1) is 8.45. The third-order valence-corrected chi connectivity index (χ3v) is 3.35. The number of guanidine groups is 1. The van der Waals surface area contributed by atoms with Crippen LogP contribution < -0.4 is 11.1 Å². The molecule has 0 aromatic carbocycles. The highest BCUT2D eigenvalue weighted by Crippen LogP contribution is 2.34. The molecule has 19 heavy (non-hydrogen) atoms. The van der Waals surface area contributed by atoms with E-state index < -0.39 is 0 Å². The molecule has 0 radical (unpaired) electrons. The normalized spacial score (nSPS) is 24.7. The monoisotopic (exact) mass is 383 g/mol. The Labute approximate surface area is 135 Å². The fraction of sp³-hybridized carbons (Fsp3) is 0.929. The number of hydrogen-bond donors (Lipinski definition) is 2. The van der Waals surface area contributed by atoms with Crippen molar-refractivity contribution in [2.75, 3.05) is 19.7 Å². The molecule has 0 aliphatic carbocycles. The summed E-state index contributed by atoms with van der Waals surface area (Å²) in [7, 11) is 0. The molecule has 1 aliphatic rings. The molecule has 0 bridgehead atoms. The Bertz CT molecular complexity index is 276. The molecule has 0 aromatic heterocycles. The molecule has 3 N–H and O–H groups in total. The zero-order chi connectivity index (χ0) is 13.6. The van der Waals surface area contributed by atoms with Crippen LogP contribution in [-0.4, -0.2) is 31.8 Å². The summed E-state index contributed by atoms with van der Waals surface area (Å²) < 4.78 is 5.94. The van der Waals surface area contributed by atoms with Crippen molar-refractivity contribution in [1.82, 2.24) is 5.32 Å². The first-order valence-corrected chi connectivity index (χ1v) is 7.10. The highest BCUT2D eigenvalue weighted by molar-refractivity contribution is 14.0. The van der Waals surface area contributed by atoms with E-state index in [0.717, 1.165) is 32.5 Å². The first kappa shape index (κ1) is 19.0. The fourth-order valence-electron chi connectivity index (χ4n) is 2.51. The van der Waals surface area contributed by atoms with Crippen molar-refractivity contribution in [2.24, 2.45) is 22.1 Å². The Morgan fingerprint density at radius 3 is 2.68 bits per heavy atom. The van der Waals surface area contributed by atoms with Crippen LogP contribution in [0.25, 0.3) is 0 Å². The summed E-state index contributed by atoms with van der Waals surface area (Å²) in [6, 6.07) is 0. The summed E-state index contributed by atoms with van der Waals surface area (Å²) >= 11 is 0. The van der Waals surface area contributed by atoms with Gasteiger partial charge in [-0.1, -0.05) is 27.7 Å². The first-order valence-electron chi connectivity index (χ1n) is 7.10. The predicted octanol–water partition coefficient (Wildman–Crippen LogP) is 2.76. The van der Waals surface area contributed by atoms with E-state index in [9.17, 15) is 0 Å². The fourth-order valence-corrected chi connectivity index (χ4v) is 2.51. The SMILES string of the molecule is CCCNC(N)=NCC1CCCOC1C(C)(C)C.I. The molecule has 0 aromatic rings. The second-order valence-corrected chi connectivity index (χ2v) is 6.21. The lowest BCUT2D eigenvalue weighted by molar-refractivity contribution is -0.0823. The summed E-state index contributed by atoms with van der Waals surface area (Å²) in [5.41, 5.74) is 6.00. The van der Waals surface area contributed by atoms with Crippen molar-refractivity contribution in [3.63, 3.8) is 0 Å². The maximum absolute atomic E-state index is 5.94. The van der Waals surface area contributed by atoms with Crippen molar-refractivity contribution >= 4 is 29.9 Å².